The number of nitrogens with zero attached hydrogens (tertiary/aromatic N) is 1. The highest BCUT2D eigenvalue weighted by Crippen LogP contribution is 2.40. The van der Waals surface area contributed by atoms with E-state index in [0.29, 0.717) is 12.0 Å². The monoisotopic (exact) mass is 261 g/mol. The number of allylic oxidation sites excluding steroid dienone is 1. The molecule has 1 aliphatic carbocycles. The summed E-state index contributed by atoms with van der Waals surface area (Å²) in [5, 5.41) is 20.0. The number of hydrogen-bond acceptors (Lipinski definition) is 3. The molecule has 0 heterocycles. The van der Waals surface area contributed by atoms with Gasteiger partial charge in [0.1, 0.15) is 0 Å². The fourth-order valence-electron chi connectivity index (χ4n) is 2.67. The summed E-state index contributed by atoms with van der Waals surface area (Å²) in [6, 6.07) is 6.59. The van der Waals surface area contributed by atoms with E-state index in [0.717, 1.165) is 24.8 Å². The van der Waals surface area contributed by atoms with Crippen molar-refractivity contribution >= 4 is 11.7 Å². The second kappa shape index (κ2) is 5.65. The maximum absolute atomic E-state index is 11.1. The molecule has 1 aromatic rings. The topological polar surface area (TPSA) is 80.4 Å². The molecule has 1 aliphatic rings. The minimum Gasteiger partial charge on any atom is -0.478 e. The van der Waals surface area contributed by atoms with Crippen LogP contribution in [0.5, 0.6) is 0 Å². The van der Waals surface area contributed by atoms with Gasteiger partial charge in [0, 0.05) is 23.6 Å². The van der Waals surface area contributed by atoms with Gasteiger partial charge in [0.25, 0.3) is 5.69 Å². The maximum atomic E-state index is 11.1. The lowest BCUT2D eigenvalue weighted by atomic mass is 9.79. The van der Waals surface area contributed by atoms with E-state index in [2.05, 4.69) is 0 Å². The highest BCUT2D eigenvalue weighted by molar-refractivity contribution is 5.81. The van der Waals surface area contributed by atoms with Crippen LogP contribution < -0.4 is 0 Å². The van der Waals surface area contributed by atoms with Gasteiger partial charge in [0.2, 0.25) is 0 Å². The molecule has 0 amide bonds. The number of carbonyl (C=O) groups is 1. The minimum atomic E-state index is -0.986. The highest BCUT2D eigenvalue weighted by atomic mass is 16.6. The summed E-state index contributed by atoms with van der Waals surface area (Å²) < 4.78 is 0. The Hall–Kier alpha value is -2.17. The van der Waals surface area contributed by atoms with Crippen LogP contribution in [0.3, 0.4) is 0 Å². The van der Waals surface area contributed by atoms with Gasteiger partial charge in [-0.25, -0.2) is 4.79 Å². The molecule has 5 nitrogen and oxygen atoms in total. The molecule has 0 aromatic heterocycles. The molecule has 5 heteroatoms. The summed E-state index contributed by atoms with van der Waals surface area (Å²) in [6.07, 6.45) is 4.58. The van der Waals surface area contributed by atoms with Crippen LogP contribution in [0.2, 0.25) is 0 Å². The van der Waals surface area contributed by atoms with Crippen LogP contribution in [0.4, 0.5) is 5.69 Å². The van der Waals surface area contributed by atoms with E-state index in [1.54, 1.807) is 18.2 Å². The van der Waals surface area contributed by atoms with Crippen molar-refractivity contribution in [2.24, 2.45) is 0 Å². The molecule has 0 saturated heterocycles. The summed E-state index contributed by atoms with van der Waals surface area (Å²) in [5.74, 6) is -1.13. The normalized spacial score (nSPS) is 21.3. The number of carboxylic acids is 1. The molecule has 1 unspecified atom stereocenters. The Balaban J connectivity index is 2.43. The second-order valence-electron chi connectivity index (χ2n) is 4.67. The molecule has 0 aliphatic heterocycles. The van der Waals surface area contributed by atoms with Gasteiger partial charge in [-0.05, 0) is 19.3 Å². The Morgan fingerprint density at radius 2 is 2.11 bits per heavy atom. The van der Waals surface area contributed by atoms with Crippen molar-refractivity contribution in [3.05, 3.63) is 51.6 Å². The van der Waals surface area contributed by atoms with Crippen LogP contribution >= 0.6 is 0 Å². The third-order valence-electron chi connectivity index (χ3n) is 3.47. The molecule has 1 fully saturated rings. The van der Waals surface area contributed by atoms with E-state index >= 15 is 0 Å². The van der Waals surface area contributed by atoms with Gasteiger partial charge < -0.3 is 5.11 Å². The predicted octanol–water partition coefficient (Wildman–Crippen LogP) is 3.26. The van der Waals surface area contributed by atoms with E-state index in [1.165, 1.54) is 12.1 Å². The largest absolute Gasteiger partial charge is 0.478 e. The van der Waals surface area contributed by atoms with Crippen molar-refractivity contribution in [1.29, 1.82) is 0 Å². The Kier molecular flexibility index (Phi) is 3.94. The van der Waals surface area contributed by atoms with Crippen LogP contribution in [0.25, 0.3) is 0 Å². The molecule has 19 heavy (non-hydrogen) atoms. The standard InChI is InChI=1S/C14H15NO4/c16-14(17)9-10-5-1-2-6-11(10)12-7-3-4-8-13(12)15(18)19/h3-4,7-9,11H,1-2,5-6H2,(H,16,17)/b10-9+. The fraction of sp³-hybridized carbons (Fsp3) is 0.357. The van der Waals surface area contributed by atoms with E-state index < -0.39 is 10.9 Å². The van der Waals surface area contributed by atoms with Crippen LogP contribution in [-0.2, 0) is 4.79 Å². The number of nitro groups is 1. The Labute approximate surface area is 110 Å². The number of aliphatic carboxylic acids is 1. The minimum absolute atomic E-state index is 0.0747. The lowest BCUT2D eigenvalue weighted by Gasteiger charge is -2.25. The van der Waals surface area contributed by atoms with Crippen LogP contribution in [0.1, 0.15) is 37.2 Å². The summed E-state index contributed by atoms with van der Waals surface area (Å²) in [6.45, 7) is 0. The first-order chi connectivity index (χ1) is 9.09. The van der Waals surface area contributed by atoms with Crippen molar-refractivity contribution in [2.45, 2.75) is 31.6 Å². The summed E-state index contributed by atoms with van der Waals surface area (Å²) in [4.78, 5) is 21.5. The Morgan fingerprint density at radius 3 is 2.79 bits per heavy atom. The smallest absolute Gasteiger partial charge is 0.328 e. The van der Waals surface area contributed by atoms with Crippen molar-refractivity contribution in [1.82, 2.24) is 0 Å². The first kappa shape index (κ1) is 13.3. The van der Waals surface area contributed by atoms with Gasteiger partial charge in [-0.3, -0.25) is 10.1 Å². The quantitative estimate of drug-likeness (QED) is 0.514. The zero-order valence-corrected chi connectivity index (χ0v) is 10.4. The van der Waals surface area contributed by atoms with E-state index in [1.807, 2.05) is 0 Å². The molecular formula is C14H15NO4. The molecule has 1 N–H and O–H groups in total. The zero-order chi connectivity index (χ0) is 13.8. The molecule has 0 bridgehead atoms. The molecule has 1 atom stereocenters. The van der Waals surface area contributed by atoms with E-state index in [4.69, 9.17) is 5.11 Å². The van der Waals surface area contributed by atoms with E-state index in [-0.39, 0.29) is 11.6 Å². The van der Waals surface area contributed by atoms with Crippen molar-refractivity contribution in [2.75, 3.05) is 0 Å². The molecule has 1 aromatic carbocycles. The number of hydrogen-bond donors (Lipinski definition) is 1. The molecular weight excluding hydrogens is 246 g/mol. The van der Waals surface area contributed by atoms with Gasteiger partial charge >= 0.3 is 5.97 Å². The number of para-hydroxylation sites is 1. The number of nitro benzene ring substituents is 1. The average Bonchev–Trinajstić information content (AvgIpc) is 2.38. The maximum Gasteiger partial charge on any atom is 0.328 e. The number of rotatable bonds is 3. The summed E-state index contributed by atoms with van der Waals surface area (Å²) in [7, 11) is 0. The number of carboxylic acid groups (broad SMARTS) is 1. The molecule has 0 radical (unpaired) electrons. The first-order valence-corrected chi connectivity index (χ1v) is 6.26. The summed E-state index contributed by atoms with van der Waals surface area (Å²) >= 11 is 0. The highest BCUT2D eigenvalue weighted by Gasteiger charge is 2.27. The van der Waals surface area contributed by atoms with Gasteiger partial charge in [0.05, 0.1) is 4.92 Å². The third kappa shape index (κ3) is 2.99. The van der Waals surface area contributed by atoms with Gasteiger partial charge in [0.15, 0.2) is 0 Å². The Bertz CT molecular complexity index is 536. The van der Waals surface area contributed by atoms with E-state index in [9.17, 15) is 14.9 Å². The molecule has 0 spiro atoms. The molecule has 100 valence electrons. The van der Waals surface area contributed by atoms with Crippen molar-refractivity contribution in [3.63, 3.8) is 0 Å². The second-order valence-corrected chi connectivity index (χ2v) is 4.67. The van der Waals surface area contributed by atoms with Crippen molar-refractivity contribution < 1.29 is 14.8 Å². The fourth-order valence-corrected chi connectivity index (χ4v) is 2.67. The third-order valence-corrected chi connectivity index (χ3v) is 3.47. The lowest BCUT2D eigenvalue weighted by Crippen LogP contribution is -2.12. The first-order valence-electron chi connectivity index (χ1n) is 6.26. The van der Waals surface area contributed by atoms with Gasteiger partial charge in [-0.1, -0.05) is 30.2 Å². The number of benzene rings is 1. The predicted molar refractivity (Wildman–Crippen MR) is 70.0 cm³/mol. The van der Waals surface area contributed by atoms with Crippen LogP contribution in [0, 0.1) is 10.1 Å². The Morgan fingerprint density at radius 1 is 1.37 bits per heavy atom. The molecule has 1 saturated carbocycles. The van der Waals surface area contributed by atoms with Crippen LogP contribution in [-0.4, -0.2) is 16.0 Å². The van der Waals surface area contributed by atoms with Crippen molar-refractivity contribution in [3.8, 4) is 0 Å². The molecule has 2 rings (SSSR count). The average molecular weight is 261 g/mol. The SMILES string of the molecule is O=C(O)/C=C1\CCCCC1c1ccccc1[N+](=O)[O-]. The van der Waals surface area contributed by atoms with Gasteiger partial charge in [-0.2, -0.15) is 0 Å². The van der Waals surface area contributed by atoms with Crippen LogP contribution in [0.15, 0.2) is 35.9 Å². The lowest BCUT2D eigenvalue weighted by molar-refractivity contribution is -0.385. The zero-order valence-electron chi connectivity index (χ0n) is 10.4. The van der Waals surface area contributed by atoms with Gasteiger partial charge in [-0.15, -0.1) is 0 Å². The summed E-state index contributed by atoms with van der Waals surface area (Å²) in [5.41, 5.74) is 1.48.